The average Bonchev–Trinajstić information content (AvgIpc) is 3.37. The number of nitrogens with zero attached hydrogens (tertiary/aromatic N) is 4. The monoisotopic (exact) mass is 510 g/mol. The fourth-order valence-corrected chi connectivity index (χ4v) is 4.05. The molecule has 0 spiro atoms. The van der Waals surface area contributed by atoms with Gasteiger partial charge in [0.1, 0.15) is 0 Å². The van der Waals surface area contributed by atoms with Gasteiger partial charge in [0.2, 0.25) is 11.7 Å². The lowest BCUT2D eigenvalue weighted by Crippen LogP contribution is -2.16. The molecular weight excluding hydrogens is 488 g/mol. The lowest BCUT2D eigenvalue weighted by Gasteiger charge is -2.13. The highest BCUT2D eigenvalue weighted by molar-refractivity contribution is 7.92. The molecule has 0 unspecified atom stereocenters. The maximum absolute atomic E-state index is 12.6. The zero-order valence-corrected chi connectivity index (χ0v) is 20.1. The van der Waals surface area contributed by atoms with Gasteiger partial charge in [0.05, 0.1) is 19.1 Å². The molecule has 13 heteroatoms. The summed E-state index contributed by atoms with van der Waals surface area (Å²) < 4.78 is 45.1. The zero-order chi connectivity index (χ0) is 25.5. The summed E-state index contributed by atoms with van der Waals surface area (Å²) in [6.45, 7) is 0.00863. The maximum Gasteiger partial charge on any atom is 0.276 e. The Morgan fingerprint density at radius 1 is 0.944 bits per heavy atom. The van der Waals surface area contributed by atoms with Crippen LogP contribution in [0, 0.1) is 0 Å². The quantitative estimate of drug-likeness (QED) is 0.329. The number of carbonyl (C=O) groups is 1. The molecule has 186 valence electrons. The van der Waals surface area contributed by atoms with Crippen molar-refractivity contribution in [3.8, 4) is 17.2 Å². The summed E-state index contributed by atoms with van der Waals surface area (Å²) in [5, 5.41) is 6.89. The van der Waals surface area contributed by atoms with Gasteiger partial charge in [0.25, 0.3) is 15.9 Å². The van der Waals surface area contributed by atoms with Crippen LogP contribution < -0.4 is 24.2 Å². The topological polar surface area (TPSA) is 147 Å². The van der Waals surface area contributed by atoms with Crippen molar-refractivity contribution < 1.29 is 27.4 Å². The number of methoxy groups -OCH3 is 2. The molecule has 2 aromatic carbocycles. The van der Waals surface area contributed by atoms with Crippen LogP contribution in [-0.2, 0) is 16.8 Å². The Morgan fingerprint density at radius 2 is 1.61 bits per heavy atom. The van der Waals surface area contributed by atoms with E-state index in [4.69, 9.17) is 14.2 Å². The second-order valence-corrected chi connectivity index (χ2v) is 8.84. The highest BCUT2D eigenvalue weighted by Gasteiger charge is 2.17. The van der Waals surface area contributed by atoms with E-state index in [2.05, 4.69) is 25.1 Å². The first-order valence-corrected chi connectivity index (χ1v) is 12.0. The third-order valence-electron chi connectivity index (χ3n) is 4.81. The number of rotatable bonds is 10. The van der Waals surface area contributed by atoms with E-state index in [1.54, 1.807) is 30.5 Å². The molecule has 0 aliphatic heterocycles. The van der Waals surface area contributed by atoms with Crippen molar-refractivity contribution in [2.45, 2.75) is 11.6 Å². The molecule has 0 radical (unpaired) electrons. The number of benzene rings is 2. The average molecular weight is 511 g/mol. The van der Waals surface area contributed by atoms with Crippen LogP contribution in [0.15, 0.2) is 78.1 Å². The smallest absolute Gasteiger partial charge is 0.276 e. The second kappa shape index (κ2) is 10.7. The summed E-state index contributed by atoms with van der Waals surface area (Å²) >= 11 is 0. The molecule has 0 bridgehead atoms. The molecule has 0 aliphatic rings. The fourth-order valence-electron chi connectivity index (χ4n) is 3.09. The Balaban J connectivity index is 1.38. The Bertz CT molecular complexity index is 1420. The minimum Gasteiger partial charge on any atom is -0.493 e. The largest absolute Gasteiger partial charge is 0.493 e. The van der Waals surface area contributed by atoms with Crippen LogP contribution in [0.4, 0.5) is 11.6 Å². The van der Waals surface area contributed by atoms with Gasteiger partial charge in [-0.05, 0) is 48.5 Å². The number of sulfonamides is 1. The van der Waals surface area contributed by atoms with Crippen LogP contribution in [0.3, 0.4) is 0 Å². The molecule has 0 saturated heterocycles. The van der Waals surface area contributed by atoms with E-state index in [9.17, 15) is 13.2 Å². The number of hydrogen-bond donors (Lipinski definition) is 2. The molecule has 4 aromatic rings. The summed E-state index contributed by atoms with van der Waals surface area (Å²) in [5.41, 5.74) is 0.532. The molecule has 2 aromatic heterocycles. The number of carbonyl (C=O) groups excluding carboxylic acids is 1. The van der Waals surface area contributed by atoms with Crippen molar-refractivity contribution in [1.82, 2.24) is 19.7 Å². The Kier molecular flexibility index (Phi) is 7.30. The number of hydrogen-bond acceptors (Lipinski definition) is 9. The van der Waals surface area contributed by atoms with Crippen molar-refractivity contribution in [1.29, 1.82) is 0 Å². The van der Waals surface area contributed by atoms with Crippen LogP contribution in [-0.4, -0.2) is 48.3 Å². The van der Waals surface area contributed by atoms with Crippen LogP contribution in [0.5, 0.6) is 17.2 Å². The van der Waals surface area contributed by atoms with Crippen LogP contribution in [0.1, 0.15) is 10.5 Å². The number of para-hydroxylation sites is 1. The Labute approximate surface area is 206 Å². The molecule has 0 atom stereocenters. The Morgan fingerprint density at radius 3 is 2.25 bits per heavy atom. The van der Waals surface area contributed by atoms with Crippen molar-refractivity contribution in [3.05, 3.63) is 78.9 Å². The van der Waals surface area contributed by atoms with E-state index in [0.717, 1.165) is 0 Å². The number of aromatic nitrogens is 4. The normalized spacial score (nSPS) is 10.9. The van der Waals surface area contributed by atoms with Crippen LogP contribution in [0.25, 0.3) is 0 Å². The summed E-state index contributed by atoms with van der Waals surface area (Å²) in [7, 11) is -0.838. The molecule has 0 fully saturated rings. The number of anilines is 2. The van der Waals surface area contributed by atoms with Gasteiger partial charge in [0, 0.05) is 24.3 Å². The van der Waals surface area contributed by atoms with Crippen molar-refractivity contribution in [3.63, 3.8) is 0 Å². The number of amides is 1. The van der Waals surface area contributed by atoms with Gasteiger partial charge >= 0.3 is 0 Å². The first-order chi connectivity index (χ1) is 17.4. The van der Waals surface area contributed by atoms with Gasteiger partial charge in [-0.1, -0.05) is 6.07 Å². The molecule has 0 aliphatic carbocycles. The van der Waals surface area contributed by atoms with E-state index in [1.165, 1.54) is 61.6 Å². The molecule has 12 nitrogen and oxygen atoms in total. The number of ether oxygens (including phenoxy) is 3. The van der Waals surface area contributed by atoms with E-state index in [0.29, 0.717) is 22.9 Å². The summed E-state index contributed by atoms with van der Waals surface area (Å²) in [6.07, 6.45) is 4.43. The zero-order valence-electron chi connectivity index (χ0n) is 19.3. The van der Waals surface area contributed by atoms with Crippen LogP contribution >= 0.6 is 0 Å². The van der Waals surface area contributed by atoms with Gasteiger partial charge < -0.3 is 19.5 Å². The SMILES string of the molecule is COc1cccc(OC)c1OCn1ccc(C(=O)Nc2ccc(S(=O)(=O)Nc3ncccn3)cc2)n1. The van der Waals surface area contributed by atoms with Crippen LogP contribution in [0.2, 0.25) is 0 Å². The second-order valence-electron chi connectivity index (χ2n) is 7.16. The van der Waals surface area contributed by atoms with Crippen molar-refractivity contribution in [2.24, 2.45) is 0 Å². The minimum atomic E-state index is -3.88. The number of nitrogens with one attached hydrogen (secondary N) is 2. The van der Waals surface area contributed by atoms with Crippen molar-refractivity contribution in [2.75, 3.05) is 24.3 Å². The van der Waals surface area contributed by atoms with E-state index in [-0.39, 0.29) is 23.3 Å². The van der Waals surface area contributed by atoms with E-state index < -0.39 is 15.9 Å². The standard InChI is InChI=1S/C23H22N6O6S/c1-33-19-5-3-6-20(34-2)21(19)35-15-29-14-11-18(27-29)22(30)26-16-7-9-17(10-8-16)36(31,32)28-23-24-12-4-13-25-23/h3-14H,15H2,1-2H3,(H,26,30)(H,24,25,28). The first-order valence-electron chi connectivity index (χ1n) is 10.5. The Hall–Kier alpha value is -4.65. The summed E-state index contributed by atoms with van der Waals surface area (Å²) in [6, 6.07) is 14.0. The molecule has 2 N–H and O–H groups in total. The molecule has 2 heterocycles. The van der Waals surface area contributed by atoms with E-state index in [1.807, 2.05) is 0 Å². The van der Waals surface area contributed by atoms with Gasteiger partial charge in [-0.3, -0.25) is 4.79 Å². The fraction of sp³-hybridized carbons (Fsp3) is 0.130. The van der Waals surface area contributed by atoms with Gasteiger partial charge in [-0.2, -0.15) is 5.10 Å². The highest BCUT2D eigenvalue weighted by atomic mass is 32.2. The third kappa shape index (κ3) is 5.70. The predicted molar refractivity (Wildman–Crippen MR) is 130 cm³/mol. The minimum absolute atomic E-state index is 0.00863. The van der Waals surface area contributed by atoms with Gasteiger partial charge in [-0.25, -0.2) is 27.8 Å². The maximum atomic E-state index is 12.6. The van der Waals surface area contributed by atoms with Crippen molar-refractivity contribution >= 4 is 27.6 Å². The molecular formula is C23H22N6O6S. The van der Waals surface area contributed by atoms with Gasteiger partial charge in [0.15, 0.2) is 23.9 Å². The summed E-state index contributed by atoms with van der Waals surface area (Å²) in [5.74, 6) is 0.883. The molecule has 1 amide bonds. The van der Waals surface area contributed by atoms with Gasteiger partial charge in [-0.15, -0.1) is 0 Å². The lowest BCUT2D eigenvalue weighted by atomic mass is 10.3. The molecule has 4 rings (SSSR count). The van der Waals surface area contributed by atoms with E-state index >= 15 is 0 Å². The molecule has 36 heavy (non-hydrogen) atoms. The first kappa shape index (κ1) is 24.5. The highest BCUT2D eigenvalue weighted by Crippen LogP contribution is 2.36. The summed E-state index contributed by atoms with van der Waals surface area (Å²) in [4.78, 5) is 20.3. The predicted octanol–water partition coefficient (Wildman–Crippen LogP) is 2.78. The molecule has 0 saturated carbocycles. The third-order valence-corrected chi connectivity index (χ3v) is 6.16. The lowest BCUT2D eigenvalue weighted by molar-refractivity contribution is 0.102.